The van der Waals surface area contributed by atoms with Gasteiger partial charge >= 0.3 is 0 Å². The van der Waals surface area contributed by atoms with Gasteiger partial charge in [-0.1, -0.05) is 0 Å². The summed E-state index contributed by atoms with van der Waals surface area (Å²) in [5, 5.41) is -0.740. The van der Waals surface area contributed by atoms with Crippen LogP contribution in [0.25, 0.3) is 0 Å². The number of nitrogen functional groups attached to an aromatic ring is 1. The molecule has 1 atom stereocenters. The first-order valence-electron chi connectivity index (χ1n) is 5.08. The van der Waals surface area contributed by atoms with Gasteiger partial charge in [0.25, 0.3) is 0 Å². The summed E-state index contributed by atoms with van der Waals surface area (Å²) in [6.45, 7) is 1.56. The third-order valence-corrected chi connectivity index (χ3v) is 4.13. The maximum atomic E-state index is 11.4. The number of anilines is 1. The predicted octanol–water partition coefficient (Wildman–Crippen LogP) is 0.437. The fourth-order valence-corrected chi connectivity index (χ4v) is 1.81. The van der Waals surface area contributed by atoms with Gasteiger partial charge in [-0.25, -0.2) is 13.4 Å². The highest BCUT2D eigenvalue weighted by atomic mass is 32.2. The first-order chi connectivity index (χ1) is 7.38. The van der Waals surface area contributed by atoms with Crippen LogP contribution in [0.2, 0.25) is 0 Å². The Bertz CT molecular complexity index is 510. The molecule has 0 spiro atoms. The van der Waals surface area contributed by atoms with E-state index in [0.29, 0.717) is 11.7 Å². The Labute approximate surface area is 94.2 Å². The zero-order valence-electron chi connectivity index (χ0n) is 9.21. The van der Waals surface area contributed by atoms with E-state index >= 15 is 0 Å². The molecule has 2 rings (SSSR count). The number of nitrogens with zero attached hydrogens (tertiary/aromatic N) is 3. The van der Waals surface area contributed by atoms with Gasteiger partial charge < -0.3 is 5.73 Å². The molecule has 88 valence electrons. The van der Waals surface area contributed by atoms with Crippen LogP contribution in [-0.4, -0.2) is 29.6 Å². The van der Waals surface area contributed by atoms with E-state index in [1.807, 2.05) is 0 Å². The summed E-state index contributed by atoms with van der Waals surface area (Å²) in [6.07, 6.45) is 3.24. The van der Waals surface area contributed by atoms with Gasteiger partial charge in [0.1, 0.15) is 11.1 Å². The molecule has 7 heteroatoms. The molecule has 2 N–H and O–H groups in total. The Morgan fingerprint density at radius 3 is 2.44 bits per heavy atom. The van der Waals surface area contributed by atoms with Crippen molar-refractivity contribution in [2.45, 2.75) is 30.9 Å². The quantitative estimate of drug-likeness (QED) is 0.825. The van der Waals surface area contributed by atoms with Crippen molar-refractivity contribution < 1.29 is 8.42 Å². The molecule has 1 fully saturated rings. The fraction of sp³-hybridized carbons (Fsp3) is 0.667. The van der Waals surface area contributed by atoms with E-state index in [1.54, 1.807) is 6.92 Å². The summed E-state index contributed by atoms with van der Waals surface area (Å²) in [5.74, 6) is 1.30. The molecule has 1 heterocycles. The summed E-state index contributed by atoms with van der Waals surface area (Å²) in [7, 11) is -3.20. The molecule has 0 aliphatic heterocycles. The second kappa shape index (κ2) is 3.65. The van der Waals surface area contributed by atoms with Crippen LogP contribution in [0.15, 0.2) is 0 Å². The lowest BCUT2D eigenvalue weighted by Crippen LogP contribution is -2.15. The summed E-state index contributed by atoms with van der Waals surface area (Å²) < 4.78 is 22.8. The van der Waals surface area contributed by atoms with Gasteiger partial charge in [-0.2, -0.15) is 9.97 Å². The van der Waals surface area contributed by atoms with Crippen LogP contribution in [-0.2, 0) is 9.84 Å². The maximum absolute atomic E-state index is 11.4. The molecule has 0 aromatic carbocycles. The standard InChI is InChI=1S/C9H14N4O2S/c1-5(16(2,14)15)7-11-8(6-3-4-6)13-9(10)12-7/h5-6H,3-4H2,1-2H3,(H2,10,11,12,13). The summed E-state index contributed by atoms with van der Waals surface area (Å²) in [5.41, 5.74) is 5.55. The second-order valence-corrected chi connectivity index (χ2v) is 6.52. The lowest BCUT2D eigenvalue weighted by atomic mass is 10.4. The van der Waals surface area contributed by atoms with E-state index in [4.69, 9.17) is 5.73 Å². The highest BCUT2D eigenvalue weighted by molar-refractivity contribution is 7.90. The van der Waals surface area contributed by atoms with Gasteiger partial charge in [-0.3, -0.25) is 0 Å². The molecule has 1 unspecified atom stereocenters. The van der Waals surface area contributed by atoms with E-state index in [-0.39, 0.29) is 11.8 Å². The third kappa shape index (κ3) is 2.29. The molecule has 1 saturated carbocycles. The van der Waals surface area contributed by atoms with E-state index < -0.39 is 15.1 Å². The Balaban J connectivity index is 2.40. The Morgan fingerprint density at radius 2 is 1.94 bits per heavy atom. The van der Waals surface area contributed by atoms with Crippen LogP contribution >= 0.6 is 0 Å². The van der Waals surface area contributed by atoms with E-state index in [1.165, 1.54) is 0 Å². The van der Waals surface area contributed by atoms with Crippen molar-refractivity contribution in [3.63, 3.8) is 0 Å². The summed E-state index contributed by atoms with van der Waals surface area (Å²) in [6, 6.07) is 0. The van der Waals surface area contributed by atoms with Crippen molar-refractivity contribution in [2.24, 2.45) is 0 Å². The highest BCUT2D eigenvalue weighted by Crippen LogP contribution is 2.38. The molecule has 1 aromatic rings. The zero-order valence-corrected chi connectivity index (χ0v) is 10.0. The number of hydrogen-bond acceptors (Lipinski definition) is 6. The van der Waals surface area contributed by atoms with Gasteiger partial charge in [-0.05, 0) is 19.8 Å². The highest BCUT2D eigenvalue weighted by Gasteiger charge is 2.29. The van der Waals surface area contributed by atoms with Crippen molar-refractivity contribution in [3.8, 4) is 0 Å². The second-order valence-electron chi connectivity index (χ2n) is 4.16. The van der Waals surface area contributed by atoms with Crippen LogP contribution < -0.4 is 5.73 Å². The van der Waals surface area contributed by atoms with Gasteiger partial charge in [0, 0.05) is 12.2 Å². The van der Waals surface area contributed by atoms with Gasteiger partial charge in [0.05, 0.1) is 0 Å². The molecular weight excluding hydrogens is 228 g/mol. The normalized spacial score (nSPS) is 18.4. The van der Waals surface area contributed by atoms with Gasteiger partial charge in [0.15, 0.2) is 15.7 Å². The van der Waals surface area contributed by atoms with Crippen LogP contribution in [0.3, 0.4) is 0 Å². The van der Waals surface area contributed by atoms with E-state index in [9.17, 15) is 8.42 Å². The smallest absolute Gasteiger partial charge is 0.223 e. The molecule has 1 aromatic heterocycles. The summed E-state index contributed by atoms with van der Waals surface area (Å²) in [4.78, 5) is 12.1. The average molecular weight is 242 g/mol. The largest absolute Gasteiger partial charge is 0.368 e. The molecule has 16 heavy (non-hydrogen) atoms. The number of nitrogens with two attached hydrogens (primary N) is 1. The zero-order chi connectivity index (χ0) is 11.9. The Hall–Kier alpha value is -1.24. The lowest BCUT2D eigenvalue weighted by molar-refractivity contribution is 0.588. The fourth-order valence-electron chi connectivity index (χ4n) is 1.32. The SMILES string of the molecule is CC(c1nc(N)nc(C2CC2)n1)S(C)(=O)=O. The Kier molecular flexibility index (Phi) is 2.57. The number of sulfone groups is 1. The molecule has 1 aliphatic rings. The number of hydrogen-bond donors (Lipinski definition) is 1. The maximum Gasteiger partial charge on any atom is 0.223 e. The molecule has 0 amide bonds. The minimum absolute atomic E-state index is 0.0994. The summed E-state index contributed by atoms with van der Waals surface area (Å²) >= 11 is 0. The van der Waals surface area contributed by atoms with Crippen molar-refractivity contribution in [3.05, 3.63) is 11.6 Å². The van der Waals surface area contributed by atoms with E-state index in [0.717, 1.165) is 19.1 Å². The molecule has 6 nitrogen and oxygen atoms in total. The van der Waals surface area contributed by atoms with Gasteiger partial charge in [0.2, 0.25) is 5.95 Å². The lowest BCUT2D eigenvalue weighted by Gasteiger charge is -2.09. The van der Waals surface area contributed by atoms with Crippen LogP contribution in [0, 0.1) is 0 Å². The van der Waals surface area contributed by atoms with Crippen molar-refractivity contribution in [2.75, 3.05) is 12.0 Å². The van der Waals surface area contributed by atoms with Crippen molar-refractivity contribution >= 4 is 15.8 Å². The minimum atomic E-state index is -3.20. The number of aromatic nitrogens is 3. The first kappa shape index (κ1) is 11.3. The Morgan fingerprint density at radius 1 is 1.31 bits per heavy atom. The molecule has 0 saturated heterocycles. The first-order valence-corrected chi connectivity index (χ1v) is 7.03. The minimum Gasteiger partial charge on any atom is -0.368 e. The van der Waals surface area contributed by atoms with E-state index in [2.05, 4.69) is 15.0 Å². The average Bonchev–Trinajstić information content (AvgIpc) is 2.97. The van der Waals surface area contributed by atoms with Crippen molar-refractivity contribution in [1.29, 1.82) is 0 Å². The molecular formula is C9H14N4O2S. The predicted molar refractivity (Wildman–Crippen MR) is 59.5 cm³/mol. The van der Waals surface area contributed by atoms with Crippen LogP contribution in [0.5, 0.6) is 0 Å². The topological polar surface area (TPSA) is 98.8 Å². The van der Waals surface area contributed by atoms with Crippen LogP contribution in [0.1, 0.15) is 42.6 Å². The monoisotopic (exact) mass is 242 g/mol. The molecule has 0 bridgehead atoms. The van der Waals surface area contributed by atoms with Crippen LogP contribution in [0.4, 0.5) is 5.95 Å². The van der Waals surface area contributed by atoms with Crippen molar-refractivity contribution in [1.82, 2.24) is 15.0 Å². The van der Waals surface area contributed by atoms with Gasteiger partial charge in [-0.15, -0.1) is 0 Å². The molecule has 0 radical (unpaired) electrons. The molecule has 1 aliphatic carbocycles. The third-order valence-electron chi connectivity index (χ3n) is 2.64. The number of rotatable bonds is 3.